The van der Waals surface area contributed by atoms with Crippen LogP contribution in [0.2, 0.25) is 0 Å². The molecule has 0 bridgehead atoms. The number of carbonyl (C=O) groups is 3. The van der Waals surface area contributed by atoms with Gasteiger partial charge in [0.1, 0.15) is 17.4 Å². The number of imide groups is 1. The fraction of sp³-hybridized carbons (Fsp3) is 0.359. The number of carbonyl (C=O) groups excluding carboxylic acids is 3. The highest BCUT2D eigenvalue weighted by molar-refractivity contribution is 6.05. The molecule has 0 atom stereocenters. The summed E-state index contributed by atoms with van der Waals surface area (Å²) in [5.41, 5.74) is 2.89. The summed E-state index contributed by atoms with van der Waals surface area (Å²) in [5, 5.41) is 10.8. The van der Waals surface area contributed by atoms with Crippen molar-refractivity contribution in [1.29, 1.82) is 0 Å². The molecular formula is C39H43F3N8O4. The van der Waals surface area contributed by atoms with E-state index in [2.05, 4.69) is 36.1 Å². The molecule has 2 aliphatic rings. The van der Waals surface area contributed by atoms with Crippen molar-refractivity contribution >= 4 is 46.5 Å². The zero-order valence-corrected chi connectivity index (χ0v) is 30.5. The van der Waals surface area contributed by atoms with Crippen LogP contribution < -0.4 is 30.9 Å². The highest BCUT2D eigenvalue weighted by Gasteiger charge is 2.35. The van der Waals surface area contributed by atoms with E-state index in [1.54, 1.807) is 18.3 Å². The number of halogens is 3. The molecule has 2 saturated heterocycles. The molecular weight excluding hydrogens is 701 g/mol. The number of hydrogen-bond donors (Lipinski definition) is 4. The van der Waals surface area contributed by atoms with E-state index >= 15 is 0 Å². The zero-order valence-electron chi connectivity index (χ0n) is 30.5. The molecule has 4 N–H and O–H groups in total. The van der Waals surface area contributed by atoms with Crippen LogP contribution in [0.25, 0.3) is 0 Å². The summed E-state index contributed by atoms with van der Waals surface area (Å²) in [6.45, 7) is 8.49. The number of rotatable bonds is 11. The summed E-state index contributed by atoms with van der Waals surface area (Å²) in [5.74, 6) is 0.754. The largest absolute Gasteiger partial charge is 0.489 e. The molecule has 2 aromatic heterocycles. The smallest absolute Gasteiger partial charge is 0.419 e. The van der Waals surface area contributed by atoms with E-state index in [-0.39, 0.29) is 53.7 Å². The van der Waals surface area contributed by atoms with Crippen molar-refractivity contribution in [2.45, 2.75) is 64.8 Å². The van der Waals surface area contributed by atoms with Gasteiger partial charge in [0, 0.05) is 45.0 Å². The molecule has 2 aromatic carbocycles. The second-order valence-corrected chi connectivity index (χ2v) is 13.7. The minimum Gasteiger partial charge on any atom is -0.489 e. The Morgan fingerprint density at radius 2 is 1.74 bits per heavy atom. The third kappa shape index (κ3) is 8.90. The van der Waals surface area contributed by atoms with Crippen LogP contribution in [-0.4, -0.2) is 65.5 Å². The van der Waals surface area contributed by atoms with Gasteiger partial charge in [-0.1, -0.05) is 12.1 Å². The van der Waals surface area contributed by atoms with Crippen LogP contribution >= 0.6 is 0 Å². The normalized spacial score (nSPS) is 15.6. The molecule has 4 aromatic rings. The molecule has 4 amide bonds. The second kappa shape index (κ2) is 16.1. The van der Waals surface area contributed by atoms with Crippen molar-refractivity contribution in [1.82, 2.24) is 25.5 Å². The molecule has 0 unspecified atom stereocenters. The summed E-state index contributed by atoms with van der Waals surface area (Å²) in [6.07, 6.45) is -0.404. The number of para-hydroxylation sites is 1. The van der Waals surface area contributed by atoms with Gasteiger partial charge in [-0.15, -0.1) is 0 Å². The van der Waals surface area contributed by atoms with Gasteiger partial charge in [0.2, 0.25) is 5.91 Å². The van der Waals surface area contributed by atoms with Gasteiger partial charge < -0.3 is 20.7 Å². The number of pyridine rings is 2. The first-order valence-corrected chi connectivity index (χ1v) is 17.8. The van der Waals surface area contributed by atoms with E-state index in [4.69, 9.17) is 4.74 Å². The van der Waals surface area contributed by atoms with Crippen LogP contribution in [0.1, 0.15) is 71.6 Å². The Bertz CT molecular complexity index is 2030. The molecule has 0 radical (unpaired) electrons. The van der Waals surface area contributed by atoms with E-state index in [1.807, 2.05) is 45.0 Å². The average Bonchev–Trinajstić information content (AvgIpc) is 3.12. The van der Waals surface area contributed by atoms with E-state index < -0.39 is 23.7 Å². The van der Waals surface area contributed by atoms with Gasteiger partial charge in [0.15, 0.2) is 0 Å². The maximum Gasteiger partial charge on any atom is 0.419 e. The molecule has 4 heterocycles. The highest BCUT2D eigenvalue weighted by Crippen LogP contribution is 2.41. The summed E-state index contributed by atoms with van der Waals surface area (Å²) in [6, 6.07) is 14.9. The number of anilines is 5. The first kappa shape index (κ1) is 38.0. The van der Waals surface area contributed by atoms with Crippen molar-refractivity contribution in [3.8, 4) is 5.75 Å². The lowest BCUT2D eigenvalue weighted by molar-refractivity contribution is -0.137. The van der Waals surface area contributed by atoms with Gasteiger partial charge in [0.25, 0.3) is 5.91 Å². The number of alkyl halides is 3. The molecule has 6 rings (SSSR count). The minimum absolute atomic E-state index is 0.158. The third-order valence-corrected chi connectivity index (χ3v) is 9.45. The number of ether oxygens (including phenoxy) is 1. The number of amides is 4. The maximum atomic E-state index is 14.1. The highest BCUT2D eigenvalue weighted by atomic mass is 19.4. The summed E-state index contributed by atoms with van der Waals surface area (Å²) in [4.78, 5) is 48.7. The number of nitrogens with one attached hydrogen (secondary N) is 4. The fourth-order valence-corrected chi connectivity index (χ4v) is 6.80. The number of nitrogens with zero attached hydrogens (tertiary/aromatic N) is 4. The molecule has 15 heteroatoms. The van der Waals surface area contributed by atoms with E-state index in [9.17, 15) is 27.6 Å². The fourth-order valence-electron chi connectivity index (χ4n) is 6.80. The van der Waals surface area contributed by atoms with Crippen molar-refractivity contribution in [3.05, 3.63) is 94.8 Å². The Morgan fingerprint density at radius 1 is 0.981 bits per heavy atom. The van der Waals surface area contributed by atoms with Crippen LogP contribution in [0.4, 0.5) is 46.7 Å². The van der Waals surface area contributed by atoms with Crippen LogP contribution in [0.5, 0.6) is 5.75 Å². The first-order chi connectivity index (χ1) is 25.8. The summed E-state index contributed by atoms with van der Waals surface area (Å²) in [7, 11) is 1.45. The lowest BCUT2D eigenvalue weighted by Crippen LogP contribution is -2.49. The first-order valence-electron chi connectivity index (χ1n) is 17.8. The molecule has 2 aliphatic heterocycles. The molecule has 0 spiro atoms. The lowest BCUT2D eigenvalue weighted by atomic mass is 9.86. The van der Waals surface area contributed by atoms with Crippen molar-refractivity contribution in [3.63, 3.8) is 0 Å². The molecule has 0 saturated carbocycles. The number of benzene rings is 2. The molecule has 2 fully saturated rings. The third-order valence-electron chi connectivity index (χ3n) is 9.45. The topological polar surface area (TPSA) is 141 Å². The Labute approximate surface area is 311 Å². The van der Waals surface area contributed by atoms with Gasteiger partial charge in [-0.05, 0) is 106 Å². The van der Waals surface area contributed by atoms with E-state index in [0.717, 1.165) is 48.8 Å². The molecule has 12 nitrogen and oxygen atoms in total. The van der Waals surface area contributed by atoms with Gasteiger partial charge in [-0.3, -0.25) is 24.7 Å². The lowest BCUT2D eigenvalue weighted by Gasteiger charge is -2.33. The predicted molar refractivity (Wildman–Crippen MR) is 200 cm³/mol. The van der Waals surface area contributed by atoms with Crippen LogP contribution in [0.3, 0.4) is 0 Å². The average molecular weight is 745 g/mol. The van der Waals surface area contributed by atoms with Crippen molar-refractivity contribution < 1.29 is 32.3 Å². The number of hydrogen-bond acceptors (Lipinski definition) is 9. The Morgan fingerprint density at radius 3 is 2.44 bits per heavy atom. The number of likely N-dealkylation sites (tertiary alicyclic amines) is 1. The number of aryl methyl sites for hydroxylation is 1. The predicted octanol–water partition coefficient (Wildman–Crippen LogP) is 7.26. The van der Waals surface area contributed by atoms with E-state index in [1.165, 1.54) is 30.1 Å². The molecule has 0 aliphatic carbocycles. The van der Waals surface area contributed by atoms with Gasteiger partial charge in [-0.25, -0.2) is 14.8 Å². The maximum absolute atomic E-state index is 14.1. The van der Waals surface area contributed by atoms with Gasteiger partial charge in [0.05, 0.1) is 34.3 Å². The van der Waals surface area contributed by atoms with Crippen LogP contribution in [0.15, 0.2) is 67.0 Å². The second-order valence-electron chi connectivity index (χ2n) is 13.7. The van der Waals surface area contributed by atoms with Crippen LogP contribution in [-0.2, 0) is 17.5 Å². The van der Waals surface area contributed by atoms with Crippen molar-refractivity contribution in [2.75, 3.05) is 42.2 Å². The van der Waals surface area contributed by atoms with Gasteiger partial charge >= 0.3 is 12.2 Å². The SMILES string of the molecule is CNC(=O)c1ccccc1Nc1cc(Nc2cc(C)c(C3CCN(Cc4ccnc(N5CCC(=O)NC5=O)c4)CC3)cc2OC(C)C)ncc1C(F)(F)F. The molecule has 284 valence electrons. The Kier molecular flexibility index (Phi) is 11.4. The van der Waals surface area contributed by atoms with Crippen molar-refractivity contribution in [2.24, 2.45) is 0 Å². The number of piperidine rings is 1. The quantitative estimate of drug-likeness (QED) is 0.125. The summed E-state index contributed by atoms with van der Waals surface area (Å²) < 4.78 is 48.6. The van der Waals surface area contributed by atoms with Crippen LogP contribution in [0, 0.1) is 6.92 Å². The minimum atomic E-state index is -4.70. The monoisotopic (exact) mass is 744 g/mol. The summed E-state index contributed by atoms with van der Waals surface area (Å²) >= 11 is 0. The number of aromatic nitrogens is 2. The van der Waals surface area contributed by atoms with E-state index in [0.29, 0.717) is 23.8 Å². The molecule has 54 heavy (non-hydrogen) atoms. The number of urea groups is 1. The standard InChI is InChI=1S/C39H43F3N8O4/c1-23(2)54-33-19-28(26-10-14-49(15-11-26)22-25-9-13-44-35(18-25)50-16-12-36(51)48-38(50)53)24(3)17-32(33)47-34-20-31(29(21-45-34)39(40,41)42)46-30-8-6-5-7-27(30)37(52)43-4/h5-9,13,17-21,23,26H,10-12,14-16,22H2,1-4H3,(H,43,52)(H2,45,46,47)(H,48,51,53). The van der Waals surface area contributed by atoms with Gasteiger partial charge in [-0.2, -0.15) is 13.2 Å². The Hall–Kier alpha value is -5.70. The zero-order chi connectivity index (χ0) is 38.6. The Balaban J connectivity index is 1.18.